The number of hydrogen-bond acceptors (Lipinski definition) is 12. The van der Waals surface area contributed by atoms with E-state index in [9.17, 15) is 0 Å². The number of nitrogens with zero attached hydrogens (tertiary/aromatic N) is 12. The van der Waals surface area contributed by atoms with Crippen LogP contribution in [0.25, 0.3) is 102 Å². The average Bonchev–Trinajstić information content (AvgIpc) is 0.725. The van der Waals surface area contributed by atoms with Gasteiger partial charge in [0.25, 0.3) is 0 Å². The fourth-order valence-corrected chi connectivity index (χ4v) is 19.4. The van der Waals surface area contributed by atoms with Crippen molar-refractivity contribution in [1.29, 1.82) is 0 Å². The summed E-state index contributed by atoms with van der Waals surface area (Å²) >= 11 is 0. The number of rotatable bonds is 16. The Morgan fingerprint density at radius 3 is 0.609 bits per heavy atom. The molecule has 18 aromatic rings. The summed E-state index contributed by atoms with van der Waals surface area (Å²) in [5.74, 6) is 6.86. The molecule has 0 N–H and O–H groups in total. The summed E-state index contributed by atoms with van der Waals surface area (Å²) in [4.78, 5) is 51.5. The first-order chi connectivity index (χ1) is 66.5. The molecule has 12 nitrogen and oxygen atoms in total. The highest BCUT2D eigenvalue weighted by Crippen LogP contribution is 2.57. The highest BCUT2D eigenvalue weighted by molar-refractivity contribution is 5.91. The van der Waals surface area contributed by atoms with Gasteiger partial charge < -0.3 is 14.7 Å². The van der Waals surface area contributed by atoms with Gasteiger partial charge in [0.2, 0.25) is 0 Å². The van der Waals surface area contributed by atoms with Crippen molar-refractivity contribution in [2.45, 2.75) is 176 Å². The molecule has 684 valence electrons. The molecule has 3 aromatic heterocycles. The zero-order chi connectivity index (χ0) is 96.1. The lowest BCUT2D eigenvalue weighted by Gasteiger charge is -2.43. The van der Waals surface area contributed by atoms with Gasteiger partial charge in [0.1, 0.15) is 0 Å². The minimum absolute atomic E-state index is 0.0485. The summed E-state index contributed by atoms with van der Waals surface area (Å²) in [6.45, 7) is 41.5. The Morgan fingerprint density at radius 2 is 0.406 bits per heavy atom. The molecule has 0 saturated heterocycles. The number of aryl methyl sites for hydroxylation is 2. The highest BCUT2D eigenvalue weighted by Gasteiger charge is 2.42. The molecule has 3 aliphatic heterocycles. The fraction of sp³-hybridized carbons (Fsp3) is 0.214. The van der Waals surface area contributed by atoms with Gasteiger partial charge in [-0.25, -0.2) is 44.9 Å². The molecule has 15 aromatic carbocycles. The number of anilines is 9. The molecule has 0 bridgehead atoms. The zero-order valence-corrected chi connectivity index (χ0v) is 82.6. The third-order valence-corrected chi connectivity index (χ3v) is 27.8. The van der Waals surface area contributed by atoms with Gasteiger partial charge >= 0.3 is 0 Å². The van der Waals surface area contributed by atoms with E-state index < -0.39 is 0 Å². The first-order valence-electron chi connectivity index (χ1n) is 48.7. The van der Waals surface area contributed by atoms with Crippen molar-refractivity contribution in [3.05, 3.63) is 431 Å². The summed E-state index contributed by atoms with van der Waals surface area (Å²) in [5.41, 5.74) is 35.2. The average molecular weight is 1800 g/mol. The molecule has 0 spiro atoms. The van der Waals surface area contributed by atoms with Crippen LogP contribution in [0.3, 0.4) is 0 Å². The lowest BCUT2D eigenvalue weighted by molar-refractivity contribution is 0.573. The minimum Gasteiger partial charge on any atom is -0.310 e. The van der Waals surface area contributed by atoms with E-state index in [0.29, 0.717) is 64.3 Å². The van der Waals surface area contributed by atoms with Crippen molar-refractivity contribution >= 4 is 51.2 Å². The molecular formula is C126H120N12. The summed E-state index contributed by atoms with van der Waals surface area (Å²) in [6.07, 6.45) is 2.03. The van der Waals surface area contributed by atoms with E-state index in [0.717, 1.165) is 80.0 Å². The molecule has 0 radical (unpaired) electrons. The third-order valence-electron chi connectivity index (χ3n) is 27.8. The number of hydrogen-bond donors (Lipinski definition) is 0. The van der Waals surface area contributed by atoms with E-state index >= 15 is 0 Å². The van der Waals surface area contributed by atoms with Gasteiger partial charge in [-0.2, -0.15) is 0 Å². The maximum atomic E-state index is 4.96. The van der Waals surface area contributed by atoms with Crippen LogP contribution in [-0.2, 0) is 39.9 Å². The molecule has 0 unspecified atom stereocenters. The molecule has 21 rings (SSSR count). The Labute approximate surface area is 815 Å². The van der Waals surface area contributed by atoms with Gasteiger partial charge in [-0.15, -0.1) is 0 Å². The molecule has 6 heterocycles. The molecule has 3 aliphatic rings. The largest absolute Gasteiger partial charge is 0.310 e. The maximum Gasteiger partial charge on any atom is 0.164 e. The van der Waals surface area contributed by atoms with Crippen molar-refractivity contribution in [3.63, 3.8) is 0 Å². The summed E-state index contributed by atoms with van der Waals surface area (Å²) < 4.78 is 0. The normalized spacial score (nSPS) is 13.6. The van der Waals surface area contributed by atoms with Crippen molar-refractivity contribution in [3.8, 4) is 102 Å². The SMILES string of the molecule is CC(C)(C)c1ccc2c(c1)C(C)(C)c1cc(C(C)(C)C)ccc1N2c1ccc(-c2nc(-c3ccccc3)nc(-c3ccccc3)n2)cc1.CC(C)c1ccc2c(c1)C(C)(C)c1cc(C(C)C)ccc1N2c1ccc(-c2nc(-c3ccccc3)nc(-c3ccccc3)n2)cc1.CCc1ccc2c(c1)C(C)(C)c1cc(CC)ccc1N2c1ccc(-c2nc(-c3ccccc3)nc(-c3ccccc3)n2)cc1. The van der Waals surface area contributed by atoms with E-state index in [1.165, 1.54) is 101 Å². The molecule has 0 saturated carbocycles. The van der Waals surface area contributed by atoms with Gasteiger partial charge in [0, 0.05) is 83.4 Å². The van der Waals surface area contributed by atoms with Gasteiger partial charge in [0.05, 0.1) is 34.1 Å². The van der Waals surface area contributed by atoms with Crippen LogP contribution in [0.5, 0.6) is 0 Å². The van der Waals surface area contributed by atoms with E-state index in [4.69, 9.17) is 44.9 Å². The van der Waals surface area contributed by atoms with Crippen molar-refractivity contribution in [1.82, 2.24) is 44.9 Å². The van der Waals surface area contributed by atoms with Crippen LogP contribution >= 0.6 is 0 Å². The van der Waals surface area contributed by atoms with Crippen LogP contribution in [-0.4, -0.2) is 44.9 Å². The van der Waals surface area contributed by atoms with E-state index in [-0.39, 0.29) is 27.1 Å². The second-order valence-corrected chi connectivity index (χ2v) is 40.9. The molecule has 12 heteroatoms. The van der Waals surface area contributed by atoms with E-state index in [1.54, 1.807) is 0 Å². The number of aromatic nitrogens is 9. The number of benzene rings is 15. The highest BCUT2D eigenvalue weighted by atomic mass is 15.2. The van der Waals surface area contributed by atoms with Crippen LogP contribution < -0.4 is 14.7 Å². The number of fused-ring (bicyclic) bond motifs is 6. The minimum atomic E-state index is -0.170. The Hall–Kier alpha value is -15.3. The predicted molar refractivity (Wildman–Crippen MR) is 573 cm³/mol. The lowest BCUT2D eigenvalue weighted by atomic mass is 9.70. The van der Waals surface area contributed by atoms with Crippen molar-refractivity contribution < 1.29 is 0 Å². The Morgan fingerprint density at radius 1 is 0.217 bits per heavy atom. The Kier molecular flexibility index (Phi) is 24.9. The Balaban J connectivity index is 0.000000132. The van der Waals surface area contributed by atoms with Crippen molar-refractivity contribution in [2.24, 2.45) is 0 Å². The molecule has 0 amide bonds. The van der Waals surface area contributed by atoms with Gasteiger partial charge in [-0.05, 0) is 211 Å². The van der Waals surface area contributed by atoms with Crippen LogP contribution in [0.4, 0.5) is 51.2 Å². The fourth-order valence-electron chi connectivity index (χ4n) is 19.4. The topological polar surface area (TPSA) is 126 Å². The van der Waals surface area contributed by atoms with E-state index in [2.05, 4.69) is 321 Å². The van der Waals surface area contributed by atoms with Crippen LogP contribution in [0.2, 0.25) is 0 Å². The molecule has 0 fully saturated rings. The Bertz CT molecular complexity index is 7110. The molecule has 138 heavy (non-hydrogen) atoms. The smallest absolute Gasteiger partial charge is 0.164 e. The van der Waals surface area contributed by atoms with Gasteiger partial charge in [-0.3, -0.25) is 0 Å². The zero-order valence-electron chi connectivity index (χ0n) is 82.6. The lowest BCUT2D eigenvalue weighted by Crippen LogP contribution is -2.32. The second kappa shape index (κ2) is 37.4. The quantitative estimate of drug-likeness (QED) is 0.0914. The van der Waals surface area contributed by atoms with Gasteiger partial charge in [0.15, 0.2) is 52.4 Å². The van der Waals surface area contributed by atoms with Crippen LogP contribution in [0, 0.1) is 0 Å². The monoisotopic (exact) mass is 1800 g/mol. The molecule has 0 atom stereocenters. The van der Waals surface area contributed by atoms with Gasteiger partial charge in [-0.1, -0.05) is 379 Å². The predicted octanol–water partition coefficient (Wildman–Crippen LogP) is 32.9. The van der Waals surface area contributed by atoms with Crippen molar-refractivity contribution in [2.75, 3.05) is 14.7 Å². The maximum absolute atomic E-state index is 4.96. The first kappa shape index (κ1) is 91.8. The first-order valence-corrected chi connectivity index (χ1v) is 48.7. The summed E-state index contributed by atoms with van der Waals surface area (Å²) in [7, 11) is 0. The molecular weight excluding hydrogens is 1680 g/mol. The second-order valence-electron chi connectivity index (χ2n) is 40.9. The molecule has 0 aliphatic carbocycles. The summed E-state index contributed by atoms with van der Waals surface area (Å²) in [5, 5.41) is 0. The third kappa shape index (κ3) is 18.2. The van der Waals surface area contributed by atoms with E-state index in [1.807, 2.05) is 182 Å². The van der Waals surface area contributed by atoms with Crippen LogP contribution in [0.1, 0.15) is 203 Å². The summed E-state index contributed by atoms with van der Waals surface area (Å²) in [6, 6.07) is 129. The standard InChI is InChI=1S/C44H44N4.C42H40N4.C40H36N4/c1-42(2,3)32-21-25-37-35(27-32)44(7,8)36-28-33(43(4,5)6)22-26-38(36)48(37)34-23-19-31(20-24-34)41-46-39(29-15-11-9-12-16-29)45-40(47-41)30-17-13-10-14-18-30;1-27(2)32-19-23-37-35(25-32)42(5,6)36-26-33(28(3)4)20-24-38(36)46(37)34-21-17-31(18-22-34)41-44-39(29-13-9-7-10-14-29)43-40(45-41)30-15-11-8-12-16-30;1-5-27-17-23-35-33(25-27)40(3,4)34-26-28(6-2)18-24-36(34)44(35)32-21-19-31(20-22-32)39-42-37(29-13-9-7-10-14-29)41-38(43-39)30-15-11-8-12-16-30/h9-28H,1-8H3;7-28H,1-6H3;7-26H,5-6H2,1-4H3. The van der Waals surface area contributed by atoms with Crippen LogP contribution in [0.15, 0.2) is 364 Å².